The third-order valence-electron chi connectivity index (χ3n) is 5.79. The summed E-state index contributed by atoms with van der Waals surface area (Å²) in [6, 6.07) is 14.8. The fraction of sp³-hybridized carbons (Fsp3) is 0.280. The molecule has 0 spiro atoms. The molecule has 0 saturated heterocycles. The molecule has 8 nitrogen and oxygen atoms in total. The summed E-state index contributed by atoms with van der Waals surface area (Å²) in [5.74, 6) is -0.0615. The molecule has 0 bridgehead atoms. The molecule has 2 aromatic carbocycles. The first-order chi connectivity index (χ1) is 16.0. The molecule has 0 aliphatic carbocycles. The van der Waals surface area contributed by atoms with Crippen LogP contribution in [-0.2, 0) is 22.7 Å². The highest BCUT2D eigenvalue weighted by atomic mass is 16.2. The van der Waals surface area contributed by atoms with Crippen molar-refractivity contribution in [3.8, 4) is 0 Å². The van der Waals surface area contributed by atoms with Gasteiger partial charge in [0.2, 0.25) is 17.2 Å². The number of hydrogen-bond acceptors (Lipinski definition) is 4. The lowest BCUT2D eigenvalue weighted by Gasteiger charge is -2.19. The molecule has 2 amide bonds. The Morgan fingerprint density at radius 3 is 2.61 bits per heavy atom. The highest BCUT2D eigenvalue weighted by molar-refractivity contribution is 5.94. The minimum absolute atomic E-state index is 0.0820. The van der Waals surface area contributed by atoms with Crippen LogP contribution in [0.4, 0.5) is 5.69 Å². The van der Waals surface area contributed by atoms with Gasteiger partial charge < -0.3 is 14.8 Å². The summed E-state index contributed by atoms with van der Waals surface area (Å²) in [5, 5.41) is 8.63. The first kappa shape index (κ1) is 22.3. The van der Waals surface area contributed by atoms with Gasteiger partial charge >= 0.3 is 0 Å². The number of anilines is 1. The number of amides is 2. The number of nitrogens with zero attached hydrogens (tertiary/aromatic N) is 4. The van der Waals surface area contributed by atoms with Gasteiger partial charge in [-0.15, -0.1) is 0 Å². The molecule has 2 aromatic heterocycles. The van der Waals surface area contributed by atoms with Crippen LogP contribution in [0.2, 0.25) is 0 Å². The van der Waals surface area contributed by atoms with Crippen LogP contribution in [0.5, 0.6) is 0 Å². The highest BCUT2D eigenvalue weighted by Gasteiger charge is 2.12. The van der Waals surface area contributed by atoms with E-state index in [-0.39, 0.29) is 30.2 Å². The maximum absolute atomic E-state index is 12.5. The van der Waals surface area contributed by atoms with Gasteiger partial charge in [0.15, 0.2) is 0 Å². The van der Waals surface area contributed by atoms with Crippen molar-refractivity contribution < 1.29 is 9.59 Å². The standard InChI is InChI=1S/C25H27N5O3/c1-3-28(4-2)25(33)17-29-13-11-18-15-19(9-10-21(18)29)27-24(32)12-14-30-22-8-6-5-7-20(22)23(31)16-26-30/h5-11,13,15-16H,3-4,12,14,17H2,1-2H3,(H,27,32). The Labute approximate surface area is 191 Å². The molecule has 0 saturated carbocycles. The molecule has 8 heteroatoms. The number of likely N-dealkylation sites (N-methyl/N-ethyl adjacent to an activating group) is 1. The highest BCUT2D eigenvalue weighted by Crippen LogP contribution is 2.21. The molecule has 0 atom stereocenters. The van der Waals surface area contributed by atoms with Gasteiger partial charge in [-0.25, -0.2) is 0 Å². The van der Waals surface area contributed by atoms with Crippen molar-refractivity contribution in [1.82, 2.24) is 19.2 Å². The van der Waals surface area contributed by atoms with Gasteiger partial charge in [-0.1, -0.05) is 12.1 Å². The van der Waals surface area contributed by atoms with E-state index in [9.17, 15) is 14.4 Å². The maximum atomic E-state index is 12.5. The summed E-state index contributed by atoms with van der Waals surface area (Å²) in [6.45, 7) is 5.97. The van der Waals surface area contributed by atoms with E-state index in [1.165, 1.54) is 6.20 Å². The van der Waals surface area contributed by atoms with E-state index in [4.69, 9.17) is 0 Å². The smallest absolute Gasteiger partial charge is 0.242 e. The van der Waals surface area contributed by atoms with Crippen LogP contribution in [-0.4, -0.2) is 44.2 Å². The average Bonchev–Trinajstić information content (AvgIpc) is 3.21. The number of hydrogen-bond donors (Lipinski definition) is 1. The second kappa shape index (κ2) is 9.68. The van der Waals surface area contributed by atoms with Crippen LogP contribution < -0.4 is 10.7 Å². The summed E-state index contributed by atoms with van der Waals surface area (Å²) in [5.41, 5.74) is 2.21. The van der Waals surface area contributed by atoms with Gasteiger partial charge in [0.05, 0.1) is 18.3 Å². The fourth-order valence-corrected chi connectivity index (χ4v) is 4.01. The van der Waals surface area contributed by atoms with Crippen LogP contribution in [0, 0.1) is 0 Å². The van der Waals surface area contributed by atoms with Crippen molar-refractivity contribution in [3.63, 3.8) is 0 Å². The molecule has 0 fully saturated rings. The number of aryl methyl sites for hydroxylation is 1. The molecule has 2 heterocycles. The molecule has 0 aliphatic rings. The zero-order valence-corrected chi connectivity index (χ0v) is 18.8. The normalized spacial score (nSPS) is 11.1. The Kier molecular flexibility index (Phi) is 6.53. The largest absolute Gasteiger partial charge is 0.342 e. The first-order valence-electron chi connectivity index (χ1n) is 11.1. The number of benzene rings is 2. The zero-order chi connectivity index (χ0) is 23.4. The van der Waals surface area contributed by atoms with Gasteiger partial charge in [-0.2, -0.15) is 5.10 Å². The quantitative estimate of drug-likeness (QED) is 0.451. The van der Waals surface area contributed by atoms with Crippen LogP contribution in [0.25, 0.3) is 21.8 Å². The number of carbonyl (C=O) groups is 2. The van der Waals surface area contributed by atoms with E-state index in [0.29, 0.717) is 36.2 Å². The van der Waals surface area contributed by atoms with E-state index in [1.54, 1.807) is 15.6 Å². The van der Waals surface area contributed by atoms with Crippen molar-refractivity contribution in [3.05, 3.63) is 71.1 Å². The molecular weight excluding hydrogens is 418 g/mol. The molecule has 4 rings (SSSR count). The Hall–Kier alpha value is -3.94. The van der Waals surface area contributed by atoms with Crippen LogP contribution in [0.3, 0.4) is 0 Å². The number of aromatic nitrogens is 3. The summed E-state index contributed by atoms with van der Waals surface area (Å²) in [6.07, 6.45) is 3.39. The Bertz CT molecular complexity index is 1370. The molecule has 0 unspecified atom stereocenters. The van der Waals surface area contributed by atoms with Gasteiger partial charge in [-0.05, 0) is 50.2 Å². The topological polar surface area (TPSA) is 89.2 Å². The lowest BCUT2D eigenvalue weighted by atomic mass is 10.2. The lowest BCUT2D eigenvalue weighted by molar-refractivity contribution is -0.131. The van der Waals surface area contributed by atoms with Crippen molar-refractivity contribution in [1.29, 1.82) is 0 Å². The number of nitrogens with one attached hydrogen (secondary N) is 1. The Morgan fingerprint density at radius 2 is 1.82 bits per heavy atom. The molecule has 0 radical (unpaired) electrons. The van der Waals surface area contributed by atoms with Crippen molar-refractivity contribution in [2.75, 3.05) is 18.4 Å². The molecule has 0 aliphatic heterocycles. The third kappa shape index (κ3) is 4.79. The minimum atomic E-state index is -0.143. The summed E-state index contributed by atoms with van der Waals surface area (Å²) >= 11 is 0. The van der Waals surface area contributed by atoms with E-state index in [0.717, 1.165) is 10.9 Å². The lowest BCUT2D eigenvalue weighted by Crippen LogP contribution is -2.33. The van der Waals surface area contributed by atoms with Crippen molar-refractivity contribution in [2.45, 2.75) is 33.4 Å². The van der Waals surface area contributed by atoms with Gasteiger partial charge in [-0.3, -0.25) is 19.1 Å². The fourth-order valence-electron chi connectivity index (χ4n) is 4.01. The predicted molar refractivity (Wildman–Crippen MR) is 129 cm³/mol. The molecule has 1 N–H and O–H groups in total. The van der Waals surface area contributed by atoms with Crippen LogP contribution >= 0.6 is 0 Å². The summed E-state index contributed by atoms with van der Waals surface area (Å²) < 4.78 is 3.60. The maximum Gasteiger partial charge on any atom is 0.242 e. The zero-order valence-electron chi connectivity index (χ0n) is 18.8. The number of para-hydroxylation sites is 1. The predicted octanol–water partition coefficient (Wildman–Crippen LogP) is 3.25. The third-order valence-corrected chi connectivity index (χ3v) is 5.79. The Morgan fingerprint density at radius 1 is 1.03 bits per heavy atom. The average molecular weight is 446 g/mol. The molecular formula is C25H27N5O3. The Balaban J connectivity index is 1.42. The second-order valence-electron chi connectivity index (χ2n) is 7.83. The molecule has 170 valence electrons. The summed E-state index contributed by atoms with van der Waals surface area (Å²) in [7, 11) is 0. The first-order valence-corrected chi connectivity index (χ1v) is 11.1. The van der Waals surface area contributed by atoms with Crippen LogP contribution in [0.1, 0.15) is 20.3 Å². The monoisotopic (exact) mass is 445 g/mol. The minimum Gasteiger partial charge on any atom is -0.342 e. The number of carbonyl (C=O) groups excluding carboxylic acids is 2. The van der Waals surface area contributed by atoms with E-state index >= 15 is 0 Å². The number of rotatable bonds is 8. The van der Waals surface area contributed by atoms with E-state index in [2.05, 4.69) is 10.4 Å². The van der Waals surface area contributed by atoms with Crippen molar-refractivity contribution >= 4 is 39.3 Å². The van der Waals surface area contributed by atoms with Gasteiger partial charge in [0.25, 0.3) is 0 Å². The van der Waals surface area contributed by atoms with E-state index in [1.807, 2.05) is 67.1 Å². The SMILES string of the molecule is CCN(CC)C(=O)Cn1ccc2cc(NC(=O)CCn3ncc(=O)c4ccccc43)ccc21. The van der Waals surface area contributed by atoms with Gasteiger partial charge in [0, 0.05) is 47.7 Å². The number of fused-ring (bicyclic) bond motifs is 2. The van der Waals surface area contributed by atoms with Crippen molar-refractivity contribution in [2.24, 2.45) is 0 Å². The molecule has 4 aromatic rings. The second-order valence-corrected chi connectivity index (χ2v) is 7.83. The van der Waals surface area contributed by atoms with Gasteiger partial charge in [0.1, 0.15) is 6.54 Å². The molecule has 33 heavy (non-hydrogen) atoms. The van der Waals surface area contributed by atoms with Crippen LogP contribution in [0.15, 0.2) is 65.7 Å². The summed E-state index contributed by atoms with van der Waals surface area (Å²) in [4.78, 5) is 38.8. The van der Waals surface area contributed by atoms with E-state index < -0.39 is 0 Å².